The number of rotatable bonds is 6. The molecule has 0 heterocycles. The van der Waals surface area contributed by atoms with Gasteiger partial charge in [-0.25, -0.2) is 4.79 Å². The number of fused-ring (bicyclic) bond motifs is 1. The molecule has 1 unspecified atom stereocenters. The molecule has 7 heteroatoms. The highest BCUT2D eigenvalue weighted by Gasteiger charge is 2.22. The summed E-state index contributed by atoms with van der Waals surface area (Å²) < 4.78 is 4.61. The summed E-state index contributed by atoms with van der Waals surface area (Å²) in [7, 11) is 0. The molecule has 25 heavy (non-hydrogen) atoms. The van der Waals surface area contributed by atoms with Gasteiger partial charge in [0.1, 0.15) is 12.6 Å². The SMILES string of the molecule is N#CCNC(=O)C(CNC(=O)OCC#N)c1ccc2ccccc2c1. The Morgan fingerprint density at radius 3 is 2.52 bits per heavy atom. The predicted octanol–water partition coefficient (Wildman–Crippen LogP) is 1.81. The Labute approximate surface area is 144 Å². The lowest BCUT2D eigenvalue weighted by Gasteiger charge is -2.17. The zero-order chi connectivity index (χ0) is 18.1. The average Bonchev–Trinajstić information content (AvgIpc) is 2.64. The fourth-order valence-electron chi connectivity index (χ4n) is 2.37. The summed E-state index contributed by atoms with van der Waals surface area (Å²) in [6.45, 7) is -0.505. The van der Waals surface area contributed by atoms with Gasteiger partial charge in [0.15, 0.2) is 6.61 Å². The maximum atomic E-state index is 12.4. The molecule has 2 rings (SSSR count). The third kappa shape index (κ3) is 4.95. The number of alkyl carbamates (subject to hydrolysis) is 1. The van der Waals surface area contributed by atoms with Crippen molar-refractivity contribution in [3.8, 4) is 12.1 Å². The minimum atomic E-state index is -0.777. The molecule has 7 nitrogen and oxygen atoms in total. The lowest BCUT2D eigenvalue weighted by Crippen LogP contribution is -2.37. The Kier molecular flexibility index (Phi) is 6.32. The van der Waals surface area contributed by atoms with Gasteiger partial charge in [-0.1, -0.05) is 42.5 Å². The topological polar surface area (TPSA) is 115 Å². The molecule has 1 atom stereocenters. The maximum absolute atomic E-state index is 12.4. The first-order valence-corrected chi connectivity index (χ1v) is 7.56. The molecule has 0 saturated heterocycles. The summed E-state index contributed by atoms with van der Waals surface area (Å²) in [5.41, 5.74) is 0.703. The van der Waals surface area contributed by atoms with E-state index in [-0.39, 0.29) is 25.6 Å². The van der Waals surface area contributed by atoms with E-state index in [4.69, 9.17) is 10.5 Å². The van der Waals surface area contributed by atoms with E-state index in [0.29, 0.717) is 5.56 Å². The number of carbonyl (C=O) groups excluding carboxylic acids is 2. The summed E-state index contributed by atoms with van der Waals surface area (Å²) in [5, 5.41) is 24.0. The van der Waals surface area contributed by atoms with E-state index in [1.807, 2.05) is 42.5 Å². The summed E-state index contributed by atoms with van der Waals surface area (Å²) in [4.78, 5) is 23.9. The quantitative estimate of drug-likeness (QED) is 0.781. The normalized spacial score (nSPS) is 11.0. The molecule has 0 aliphatic rings. The highest BCUT2D eigenvalue weighted by molar-refractivity contribution is 5.88. The van der Waals surface area contributed by atoms with Crippen molar-refractivity contribution in [3.63, 3.8) is 0 Å². The van der Waals surface area contributed by atoms with Crippen molar-refractivity contribution >= 4 is 22.8 Å². The van der Waals surface area contributed by atoms with E-state index >= 15 is 0 Å². The van der Waals surface area contributed by atoms with Crippen molar-refractivity contribution in [3.05, 3.63) is 48.0 Å². The van der Waals surface area contributed by atoms with E-state index in [0.717, 1.165) is 10.8 Å². The molecule has 2 aromatic carbocycles. The lowest BCUT2D eigenvalue weighted by atomic mass is 9.95. The lowest BCUT2D eigenvalue weighted by molar-refractivity contribution is -0.122. The van der Waals surface area contributed by atoms with Crippen LogP contribution in [-0.4, -0.2) is 31.7 Å². The molecule has 0 radical (unpaired) electrons. The third-order valence-electron chi connectivity index (χ3n) is 3.55. The third-order valence-corrected chi connectivity index (χ3v) is 3.55. The van der Waals surface area contributed by atoms with E-state index in [9.17, 15) is 9.59 Å². The van der Waals surface area contributed by atoms with Gasteiger partial charge in [0.25, 0.3) is 0 Å². The zero-order valence-corrected chi connectivity index (χ0v) is 13.4. The molecule has 0 bridgehead atoms. The average molecular weight is 336 g/mol. The van der Waals surface area contributed by atoms with Crippen LogP contribution in [0.25, 0.3) is 10.8 Å². The minimum absolute atomic E-state index is 0.0140. The smallest absolute Gasteiger partial charge is 0.408 e. The van der Waals surface area contributed by atoms with Crippen LogP contribution in [0.1, 0.15) is 11.5 Å². The summed E-state index contributed by atoms with van der Waals surface area (Å²) in [5.74, 6) is -1.06. The fourth-order valence-corrected chi connectivity index (χ4v) is 2.37. The molecule has 0 saturated carbocycles. The van der Waals surface area contributed by atoms with Gasteiger partial charge in [-0.05, 0) is 16.3 Å². The van der Waals surface area contributed by atoms with Gasteiger partial charge in [-0.2, -0.15) is 10.5 Å². The molecule has 2 N–H and O–H groups in total. The number of hydrogen-bond donors (Lipinski definition) is 2. The van der Waals surface area contributed by atoms with Gasteiger partial charge in [-0.15, -0.1) is 0 Å². The summed E-state index contributed by atoms with van der Waals surface area (Å²) in [6.07, 6.45) is -0.777. The van der Waals surface area contributed by atoms with Crippen LogP contribution in [0.15, 0.2) is 42.5 Å². The largest absolute Gasteiger partial charge is 0.434 e. The van der Waals surface area contributed by atoms with Gasteiger partial charge in [0.05, 0.1) is 12.0 Å². The highest BCUT2D eigenvalue weighted by atomic mass is 16.5. The Balaban J connectivity index is 2.20. The van der Waals surface area contributed by atoms with Crippen molar-refractivity contribution in [1.82, 2.24) is 10.6 Å². The van der Waals surface area contributed by atoms with Crippen LogP contribution >= 0.6 is 0 Å². The van der Waals surface area contributed by atoms with Gasteiger partial charge >= 0.3 is 6.09 Å². The Morgan fingerprint density at radius 1 is 1.04 bits per heavy atom. The molecule has 0 aromatic heterocycles. The number of nitriles is 2. The Morgan fingerprint density at radius 2 is 1.80 bits per heavy atom. The van der Waals surface area contributed by atoms with Crippen molar-refractivity contribution < 1.29 is 14.3 Å². The first-order valence-electron chi connectivity index (χ1n) is 7.56. The van der Waals surface area contributed by atoms with Crippen LogP contribution in [0.5, 0.6) is 0 Å². The molecular formula is C18H16N4O3. The van der Waals surface area contributed by atoms with Crippen molar-refractivity contribution in [2.45, 2.75) is 5.92 Å². The van der Waals surface area contributed by atoms with Crippen molar-refractivity contribution in [1.29, 1.82) is 10.5 Å². The fraction of sp³-hybridized carbons (Fsp3) is 0.222. The number of amides is 2. The van der Waals surface area contributed by atoms with E-state index in [1.54, 1.807) is 12.1 Å². The first kappa shape index (κ1) is 17.8. The molecule has 0 spiro atoms. The number of benzene rings is 2. The van der Waals surface area contributed by atoms with Crippen molar-refractivity contribution in [2.24, 2.45) is 0 Å². The van der Waals surface area contributed by atoms with Crippen LogP contribution in [0, 0.1) is 22.7 Å². The summed E-state index contributed by atoms with van der Waals surface area (Å²) in [6, 6.07) is 16.8. The van der Waals surface area contributed by atoms with Gasteiger partial charge in [0, 0.05) is 6.54 Å². The van der Waals surface area contributed by atoms with Gasteiger partial charge in [0.2, 0.25) is 5.91 Å². The van der Waals surface area contributed by atoms with E-state index in [1.165, 1.54) is 0 Å². The van der Waals surface area contributed by atoms with Crippen LogP contribution in [0.2, 0.25) is 0 Å². The van der Waals surface area contributed by atoms with Gasteiger partial charge in [-0.3, -0.25) is 4.79 Å². The first-order chi connectivity index (χ1) is 12.2. The molecule has 2 aromatic rings. The standard InChI is InChI=1S/C18H16N4O3/c19-7-9-21-17(23)16(12-22-18(24)25-10-8-20)15-6-5-13-3-1-2-4-14(13)11-15/h1-6,11,16H,9-10,12H2,(H,21,23)(H,22,24). The monoisotopic (exact) mass is 336 g/mol. The van der Waals surface area contributed by atoms with Crippen LogP contribution in [0.3, 0.4) is 0 Å². The number of nitrogens with zero attached hydrogens (tertiary/aromatic N) is 2. The Bertz CT molecular complexity index is 851. The molecule has 0 fully saturated rings. The van der Waals surface area contributed by atoms with Crippen molar-refractivity contribution in [2.75, 3.05) is 19.7 Å². The van der Waals surface area contributed by atoms with E-state index < -0.39 is 12.0 Å². The van der Waals surface area contributed by atoms with Crippen LogP contribution in [0.4, 0.5) is 4.79 Å². The molecular weight excluding hydrogens is 320 g/mol. The predicted molar refractivity (Wildman–Crippen MR) is 90.3 cm³/mol. The Hall–Kier alpha value is -3.58. The highest BCUT2D eigenvalue weighted by Crippen LogP contribution is 2.22. The number of ether oxygens (including phenoxy) is 1. The second kappa shape index (κ2) is 8.90. The molecule has 126 valence electrons. The molecule has 2 amide bonds. The second-order valence-corrected chi connectivity index (χ2v) is 5.15. The summed E-state index contributed by atoms with van der Waals surface area (Å²) >= 11 is 0. The molecule has 0 aliphatic heterocycles. The zero-order valence-electron chi connectivity index (χ0n) is 13.4. The second-order valence-electron chi connectivity index (χ2n) is 5.15. The molecule has 0 aliphatic carbocycles. The van der Waals surface area contributed by atoms with E-state index in [2.05, 4.69) is 15.4 Å². The maximum Gasteiger partial charge on any atom is 0.408 e. The number of carbonyl (C=O) groups is 2. The van der Waals surface area contributed by atoms with Crippen LogP contribution in [-0.2, 0) is 9.53 Å². The number of hydrogen-bond acceptors (Lipinski definition) is 5. The van der Waals surface area contributed by atoms with Crippen LogP contribution < -0.4 is 10.6 Å². The van der Waals surface area contributed by atoms with Gasteiger partial charge < -0.3 is 15.4 Å². The minimum Gasteiger partial charge on any atom is -0.434 e. The number of nitrogens with one attached hydrogen (secondary N) is 2.